The highest BCUT2D eigenvalue weighted by Crippen LogP contribution is 2.24. The van der Waals surface area contributed by atoms with Crippen LogP contribution >= 0.6 is 23.1 Å². The van der Waals surface area contributed by atoms with Gasteiger partial charge in [-0.05, 0) is 43.7 Å². The Morgan fingerprint density at radius 2 is 1.81 bits per heavy atom. The topological polar surface area (TPSA) is 97.4 Å². The van der Waals surface area contributed by atoms with E-state index >= 15 is 0 Å². The molecule has 0 aliphatic rings. The molecular weight excluding hydrogens is 446 g/mol. The maximum Gasteiger partial charge on any atom is 0.338 e. The maximum absolute atomic E-state index is 12.3. The minimum Gasteiger partial charge on any atom is -0.449 e. The van der Waals surface area contributed by atoms with Crippen LogP contribution in [0.5, 0.6) is 0 Å². The van der Waals surface area contributed by atoms with Gasteiger partial charge in [0.05, 0.1) is 16.3 Å². The lowest BCUT2D eigenvalue weighted by Gasteiger charge is -2.13. The number of hydrogen-bond donors (Lipinski definition) is 2. The molecule has 1 heterocycles. The van der Waals surface area contributed by atoms with Gasteiger partial charge in [-0.1, -0.05) is 30.3 Å². The Hall–Kier alpha value is -3.17. The third-order valence-electron chi connectivity index (χ3n) is 4.33. The van der Waals surface area contributed by atoms with Crippen LogP contribution in [0.2, 0.25) is 0 Å². The van der Waals surface area contributed by atoms with Crippen LogP contribution < -0.4 is 10.6 Å². The summed E-state index contributed by atoms with van der Waals surface area (Å²) in [6, 6.07) is 15.6. The number of thioether (sulfide) groups is 1. The molecule has 1 atom stereocenters. The largest absolute Gasteiger partial charge is 0.449 e. The van der Waals surface area contributed by atoms with Crippen molar-refractivity contribution in [3.05, 3.63) is 81.8 Å². The fourth-order valence-electron chi connectivity index (χ4n) is 2.64. The van der Waals surface area contributed by atoms with Crippen LogP contribution in [0.4, 0.5) is 4.79 Å². The van der Waals surface area contributed by atoms with E-state index in [1.54, 1.807) is 35.2 Å². The zero-order valence-corrected chi connectivity index (χ0v) is 19.3. The molecule has 0 radical (unpaired) electrons. The zero-order chi connectivity index (χ0) is 22.9. The summed E-state index contributed by atoms with van der Waals surface area (Å²) in [7, 11) is 0. The molecule has 0 saturated heterocycles. The second-order valence-corrected chi connectivity index (χ2v) is 8.99. The quantitative estimate of drug-likeness (QED) is 0.377. The third kappa shape index (κ3) is 7.21. The van der Waals surface area contributed by atoms with Crippen LogP contribution in [-0.2, 0) is 21.8 Å². The number of carbonyl (C=O) groups is 3. The number of hydrogen-bond acceptors (Lipinski definition) is 7. The van der Waals surface area contributed by atoms with Gasteiger partial charge in [0.1, 0.15) is 0 Å². The molecule has 3 rings (SSSR count). The third-order valence-corrected chi connectivity index (χ3v) is 6.20. The molecule has 32 heavy (non-hydrogen) atoms. The highest BCUT2D eigenvalue weighted by molar-refractivity contribution is 7.98. The molecule has 0 aliphatic carbocycles. The Morgan fingerprint density at radius 1 is 1.09 bits per heavy atom. The van der Waals surface area contributed by atoms with E-state index in [4.69, 9.17) is 4.74 Å². The van der Waals surface area contributed by atoms with Gasteiger partial charge in [-0.3, -0.25) is 10.1 Å². The molecule has 0 aliphatic heterocycles. The molecule has 2 aromatic carbocycles. The number of nitrogens with zero attached hydrogens (tertiary/aromatic N) is 1. The van der Waals surface area contributed by atoms with Crippen molar-refractivity contribution >= 4 is 41.0 Å². The minimum atomic E-state index is -1.12. The van der Waals surface area contributed by atoms with Crippen LogP contribution in [0.3, 0.4) is 0 Å². The molecular formula is C23H23N3O4S2. The summed E-state index contributed by atoms with van der Waals surface area (Å²) in [6.07, 6.45) is -1.12. The predicted molar refractivity (Wildman–Crippen MR) is 125 cm³/mol. The number of aromatic nitrogens is 1. The number of urea groups is 1. The van der Waals surface area contributed by atoms with Gasteiger partial charge in [0, 0.05) is 22.6 Å². The molecule has 0 saturated carbocycles. The van der Waals surface area contributed by atoms with Gasteiger partial charge in [-0.2, -0.15) is 0 Å². The van der Waals surface area contributed by atoms with E-state index in [1.807, 2.05) is 54.8 Å². The number of esters is 1. The fraction of sp³-hybridized carbons (Fsp3) is 0.217. The van der Waals surface area contributed by atoms with Gasteiger partial charge in [-0.15, -0.1) is 23.1 Å². The second kappa shape index (κ2) is 11.4. The molecule has 3 aromatic rings. The molecule has 0 fully saturated rings. The van der Waals surface area contributed by atoms with Crippen LogP contribution in [-0.4, -0.2) is 29.0 Å². The first-order valence-electron chi connectivity index (χ1n) is 9.88. The van der Waals surface area contributed by atoms with E-state index in [9.17, 15) is 14.4 Å². The van der Waals surface area contributed by atoms with E-state index in [2.05, 4.69) is 15.6 Å². The Morgan fingerprint density at radius 3 is 2.47 bits per heavy atom. The average molecular weight is 470 g/mol. The fourth-order valence-corrected chi connectivity index (χ4v) is 4.15. The highest BCUT2D eigenvalue weighted by Gasteiger charge is 2.20. The van der Waals surface area contributed by atoms with Crippen molar-refractivity contribution in [1.29, 1.82) is 0 Å². The van der Waals surface area contributed by atoms with Crippen LogP contribution in [0.15, 0.2) is 64.9 Å². The summed E-state index contributed by atoms with van der Waals surface area (Å²) in [6.45, 7) is 3.66. The molecule has 3 amide bonds. The Balaban J connectivity index is 1.43. The number of imide groups is 1. The normalized spacial score (nSPS) is 11.4. The van der Waals surface area contributed by atoms with Gasteiger partial charge >= 0.3 is 12.0 Å². The van der Waals surface area contributed by atoms with Crippen molar-refractivity contribution in [3.8, 4) is 0 Å². The summed E-state index contributed by atoms with van der Waals surface area (Å²) in [5, 5.41) is 7.82. The molecule has 7 nitrogen and oxygen atoms in total. The van der Waals surface area contributed by atoms with E-state index in [-0.39, 0.29) is 6.54 Å². The molecule has 166 valence electrons. The lowest BCUT2D eigenvalue weighted by Crippen LogP contribution is -2.44. The van der Waals surface area contributed by atoms with Gasteiger partial charge < -0.3 is 10.1 Å². The van der Waals surface area contributed by atoms with Crippen molar-refractivity contribution in [2.75, 3.05) is 0 Å². The van der Waals surface area contributed by atoms with Crippen LogP contribution in [0.25, 0.3) is 0 Å². The van der Waals surface area contributed by atoms with Gasteiger partial charge in [0.2, 0.25) is 0 Å². The molecule has 1 aromatic heterocycles. The van der Waals surface area contributed by atoms with E-state index in [0.717, 1.165) is 26.9 Å². The summed E-state index contributed by atoms with van der Waals surface area (Å²) in [5.74, 6) is -0.587. The first-order valence-corrected chi connectivity index (χ1v) is 11.7. The Kier molecular flexibility index (Phi) is 8.41. The van der Waals surface area contributed by atoms with E-state index < -0.39 is 24.0 Å². The number of aryl methyl sites for hydroxylation is 1. The molecule has 1 unspecified atom stereocenters. The smallest absolute Gasteiger partial charge is 0.338 e. The minimum absolute atomic E-state index is 0.278. The number of ether oxygens (including phenoxy) is 1. The molecule has 0 spiro atoms. The number of thiazole rings is 1. The summed E-state index contributed by atoms with van der Waals surface area (Å²) in [5.41, 5.74) is 2.25. The first-order chi connectivity index (χ1) is 15.4. The Labute approximate surface area is 194 Å². The predicted octanol–water partition coefficient (Wildman–Crippen LogP) is 4.32. The molecule has 0 bridgehead atoms. The number of carbonyl (C=O) groups excluding carboxylic acids is 3. The van der Waals surface area contributed by atoms with Crippen molar-refractivity contribution in [2.24, 2.45) is 0 Å². The molecule has 2 N–H and O–H groups in total. The standard InChI is InChI=1S/C23H23N3O4S2/c1-15(21(27)26-23(29)24-12-17-6-4-3-5-7-17)30-22(28)18-8-10-20(11-9-18)32-14-19-13-31-16(2)25-19/h3-11,13,15H,12,14H2,1-2H3,(H2,24,26,27,29). The zero-order valence-electron chi connectivity index (χ0n) is 17.7. The van der Waals surface area contributed by atoms with E-state index in [1.165, 1.54) is 6.92 Å². The highest BCUT2D eigenvalue weighted by atomic mass is 32.2. The molecule has 9 heteroatoms. The van der Waals surface area contributed by atoms with Crippen LogP contribution in [0.1, 0.15) is 33.5 Å². The number of nitrogens with one attached hydrogen (secondary N) is 2. The Bertz CT molecular complexity index is 1070. The number of amides is 3. The van der Waals surface area contributed by atoms with E-state index in [0.29, 0.717) is 5.56 Å². The van der Waals surface area contributed by atoms with Crippen molar-refractivity contribution in [2.45, 2.75) is 37.1 Å². The summed E-state index contributed by atoms with van der Waals surface area (Å²) >= 11 is 3.23. The van der Waals surface area contributed by atoms with Gasteiger partial charge in [0.15, 0.2) is 6.10 Å². The average Bonchev–Trinajstić information content (AvgIpc) is 3.22. The van der Waals surface area contributed by atoms with Crippen molar-refractivity contribution in [3.63, 3.8) is 0 Å². The van der Waals surface area contributed by atoms with Crippen molar-refractivity contribution < 1.29 is 19.1 Å². The van der Waals surface area contributed by atoms with Gasteiger partial charge in [-0.25, -0.2) is 14.6 Å². The number of rotatable bonds is 8. The summed E-state index contributed by atoms with van der Waals surface area (Å²) < 4.78 is 5.19. The van der Waals surface area contributed by atoms with Crippen molar-refractivity contribution in [1.82, 2.24) is 15.6 Å². The first kappa shape index (κ1) is 23.5. The maximum atomic E-state index is 12.3. The van der Waals surface area contributed by atoms with Crippen LogP contribution in [0, 0.1) is 6.92 Å². The summed E-state index contributed by atoms with van der Waals surface area (Å²) in [4.78, 5) is 41.8. The number of benzene rings is 2. The monoisotopic (exact) mass is 469 g/mol. The van der Waals surface area contributed by atoms with Gasteiger partial charge in [0.25, 0.3) is 5.91 Å². The SMILES string of the molecule is Cc1nc(CSc2ccc(C(=O)OC(C)C(=O)NC(=O)NCc3ccccc3)cc2)cs1. The lowest BCUT2D eigenvalue weighted by molar-refractivity contribution is -0.127. The lowest BCUT2D eigenvalue weighted by atomic mass is 10.2. The second-order valence-electron chi connectivity index (χ2n) is 6.88.